The number of carbonyl (C=O) groups excluding carboxylic acids is 1. The van der Waals surface area contributed by atoms with Crippen LogP contribution in [0.25, 0.3) is 11.4 Å². The molecule has 2 aromatic heterocycles. The van der Waals surface area contributed by atoms with Crippen molar-refractivity contribution in [2.75, 3.05) is 11.1 Å². The third-order valence-corrected chi connectivity index (χ3v) is 5.78. The van der Waals surface area contributed by atoms with Crippen LogP contribution in [0.2, 0.25) is 5.02 Å². The fourth-order valence-corrected chi connectivity index (χ4v) is 3.89. The van der Waals surface area contributed by atoms with Crippen LogP contribution in [0.3, 0.4) is 0 Å². The van der Waals surface area contributed by atoms with Gasteiger partial charge in [0, 0.05) is 34.6 Å². The molecule has 8 nitrogen and oxygen atoms in total. The summed E-state index contributed by atoms with van der Waals surface area (Å²) in [6.07, 6.45) is 0. The molecular weight excluding hydrogens is 410 g/mol. The smallest absolute Gasteiger partial charge is 0.289 e. The summed E-state index contributed by atoms with van der Waals surface area (Å²) >= 11 is 8.63. The third kappa shape index (κ3) is 4.46. The van der Waals surface area contributed by atoms with Crippen LogP contribution in [0, 0.1) is 17.0 Å². The molecule has 3 rings (SSSR count). The highest BCUT2D eigenvalue weighted by Gasteiger charge is 2.16. The van der Waals surface area contributed by atoms with Crippen LogP contribution < -0.4 is 5.32 Å². The van der Waals surface area contributed by atoms with E-state index in [1.165, 1.54) is 34.8 Å². The lowest BCUT2D eigenvalue weighted by Gasteiger charge is -2.06. The van der Waals surface area contributed by atoms with Crippen LogP contribution in [0.15, 0.2) is 34.8 Å². The monoisotopic (exact) mass is 423 g/mol. The van der Waals surface area contributed by atoms with E-state index in [0.29, 0.717) is 10.8 Å². The number of nitrogens with zero attached hydrogens (tertiary/aromatic N) is 4. The summed E-state index contributed by atoms with van der Waals surface area (Å²) in [4.78, 5) is 23.7. The maximum atomic E-state index is 12.2. The largest absolute Gasteiger partial charge is 0.325 e. The number of amides is 1. The first-order chi connectivity index (χ1) is 12.8. The molecule has 0 aliphatic carbocycles. The maximum absolute atomic E-state index is 12.2. The van der Waals surface area contributed by atoms with Gasteiger partial charge in [-0.2, -0.15) is 0 Å². The summed E-state index contributed by atoms with van der Waals surface area (Å²) < 4.78 is 1.83. The van der Waals surface area contributed by atoms with Crippen molar-refractivity contribution in [3.05, 3.63) is 49.7 Å². The van der Waals surface area contributed by atoms with Crippen LogP contribution in [0.5, 0.6) is 0 Å². The SMILES string of the molecule is Cc1cc(-c2nnc(SCC(=O)Nc3ccc(Cl)c([N+](=O)[O-])c3)n2C)cs1. The number of thioether (sulfide) groups is 1. The van der Waals surface area contributed by atoms with E-state index >= 15 is 0 Å². The van der Waals surface area contributed by atoms with Crippen molar-refractivity contribution in [1.29, 1.82) is 0 Å². The first-order valence-electron chi connectivity index (χ1n) is 7.66. The van der Waals surface area contributed by atoms with Gasteiger partial charge in [0.05, 0.1) is 10.7 Å². The first kappa shape index (κ1) is 19.3. The van der Waals surface area contributed by atoms with E-state index in [4.69, 9.17) is 11.6 Å². The van der Waals surface area contributed by atoms with E-state index in [0.717, 1.165) is 11.4 Å². The van der Waals surface area contributed by atoms with Gasteiger partial charge in [0.2, 0.25) is 5.91 Å². The molecular formula is C16H14ClN5O3S2. The Morgan fingerprint density at radius 2 is 2.19 bits per heavy atom. The average molecular weight is 424 g/mol. The Balaban J connectivity index is 1.64. The van der Waals surface area contributed by atoms with Gasteiger partial charge in [-0.05, 0) is 25.1 Å². The number of hydrogen-bond donors (Lipinski definition) is 1. The molecule has 1 N–H and O–H groups in total. The minimum absolute atomic E-state index is 0.0163. The average Bonchev–Trinajstić information content (AvgIpc) is 3.20. The maximum Gasteiger partial charge on any atom is 0.289 e. The Bertz CT molecular complexity index is 1020. The summed E-state index contributed by atoms with van der Waals surface area (Å²) in [6.45, 7) is 2.02. The van der Waals surface area contributed by atoms with Gasteiger partial charge < -0.3 is 9.88 Å². The Morgan fingerprint density at radius 3 is 2.85 bits per heavy atom. The highest BCUT2D eigenvalue weighted by Crippen LogP contribution is 2.28. The van der Waals surface area contributed by atoms with Gasteiger partial charge in [-0.1, -0.05) is 23.4 Å². The lowest BCUT2D eigenvalue weighted by molar-refractivity contribution is -0.384. The summed E-state index contributed by atoms with van der Waals surface area (Å²) in [5.74, 6) is 0.508. The number of aromatic nitrogens is 3. The molecule has 3 aromatic rings. The quantitative estimate of drug-likeness (QED) is 0.363. The zero-order chi connectivity index (χ0) is 19.6. The molecule has 27 heavy (non-hydrogen) atoms. The number of rotatable bonds is 6. The lowest BCUT2D eigenvalue weighted by atomic mass is 10.3. The number of anilines is 1. The Labute approximate surface area is 167 Å². The van der Waals surface area contributed by atoms with E-state index in [9.17, 15) is 14.9 Å². The summed E-state index contributed by atoms with van der Waals surface area (Å²) in [5, 5.41) is 24.5. The summed E-state index contributed by atoms with van der Waals surface area (Å²) in [7, 11) is 1.84. The molecule has 1 aromatic carbocycles. The van der Waals surface area contributed by atoms with Crippen LogP contribution in [0.4, 0.5) is 11.4 Å². The molecule has 0 bridgehead atoms. The van der Waals surface area contributed by atoms with E-state index < -0.39 is 4.92 Å². The van der Waals surface area contributed by atoms with Crippen molar-refractivity contribution in [2.24, 2.45) is 7.05 Å². The molecule has 0 spiro atoms. The summed E-state index contributed by atoms with van der Waals surface area (Å²) in [6, 6.07) is 6.14. The van der Waals surface area contributed by atoms with E-state index in [-0.39, 0.29) is 22.4 Å². The topological polar surface area (TPSA) is 103 Å². The predicted molar refractivity (Wildman–Crippen MR) is 107 cm³/mol. The van der Waals surface area contributed by atoms with Gasteiger partial charge >= 0.3 is 0 Å². The van der Waals surface area contributed by atoms with Gasteiger partial charge in [0.1, 0.15) is 5.02 Å². The predicted octanol–water partition coefficient (Wildman–Crippen LogP) is 4.14. The summed E-state index contributed by atoms with van der Waals surface area (Å²) in [5.41, 5.74) is 1.03. The molecule has 0 saturated carbocycles. The fraction of sp³-hybridized carbons (Fsp3) is 0.188. The zero-order valence-corrected chi connectivity index (χ0v) is 16.7. The molecule has 0 aliphatic heterocycles. The number of aryl methyl sites for hydroxylation is 1. The van der Waals surface area contributed by atoms with Crippen molar-refractivity contribution in [3.8, 4) is 11.4 Å². The number of carbonyl (C=O) groups is 1. The van der Waals surface area contributed by atoms with Crippen molar-refractivity contribution in [3.63, 3.8) is 0 Å². The Hall–Kier alpha value is -2.43. The van der Waals surface area contributed by atoms with Crippen LogP contribution >= 0.6 is 34.7 Å². The molecule has 2 heterocycles. The van der Waals surface area contributed by atoms with Gasteiger partial charge in [-0.3, -0.25) is 14.9 Å². The molecule has 0 unspecified atom stereocenters. The van der Waals surface area contributed by atoms with Crippen LogP contribution in [-0.4, -0.2) is 31.3 Å². The number of nitro benzene ring substituents is 1. The second-order valence-electron chi connectivity index (χ2n) is 5.57. The highest BCUT2D eigenvalue weighted by atomic mass is 35.5. The molecule has 0 atom stereocenters. The van der Waals surface area contributed by atoms with Crippen molar-refractivity contribution < 1.29 is 9.72 Å². The molecule has 0 fully saturated rings. The number of benzene rings is 1. The Morgan fingerprint density at radius 1 is 1.41 bits per heavy atom. The van der Waals surface area contributed by atoms with E-state index in [1.807, 2.05) is 30.0 Å². The number of halogens is 1. The van der Waals surface area contributed by atoms with Gasteiger partial charge in [0.15, 0.2) is 11.0 Å². The minimum atomic E-state index is -0.597. The standard InChI is InChI=1S/C16H14ClN5O3S2/c1-9-5-10(7-26-9)15-19-20-16(21(15)2)27-8-14(23)18-11-3-4-12(17)13(6-11)22(24)25/h3-7H,8H2,1-2H3,(H,18,23). The fourth-order valence-electron chi connectivity index (χ4n) is 2.31. The number of nitro groups is 1. The molecule has 0 aliphatic rings. The third-order valence-electron chi connectivity index (χ3n) is 3.58. The number of nitrogens with one attached hydrogen (secondary N) is 1. The van der Waals surface area contributed by atoms with E-state index in [1.54, 1.807) is 11.3 Å². The van der Waals surface area contributed by atoms with Gasteiger partial charge in [0.25, 0.3) is 5.69 Å². The van der Waals surface area contributed by atoms with Gasteiger partial charge in [-0.15, -0.1) is 21.5 Å². The van der Waals surface area contributed by atoms with Gasteiger partial charge in [-0.25, -0.2) is 0 Å². The second-order valence-corrected chi connectivity index (χ2v) is 8.04. The van der Waals surface area contributed by atoms with Crippen LogP contribution in [0.1, 0.15) is 4.88 Å². The first-order valence-corrected chi connectivity index (χ1v) is 9.91. The Kier molecular flexibility index (Phi) is 5.78. The highest BCUT2D eigenvalue weighted by molar-refractivity contribution is 7.99. The molecule has 1 amide bonds. The van der Waals surface area contributed by atoms with Crippen LogP contribution in [-0.2, 0) is 11.8 Å². The van der Waals surface area contributed by atoms with Crippen molar-refractivity contribution in [1.82, 2.24) is 14.8 Å². The van der Waals surface area contributed by atoms with Crippen molar-refractivity contribution >= 4 is 52.0 Å². The zero-order valence-electron chi connectivity index (χ0n) is 14.3. The van der Waals surface area contributed by atoms with Crippen molar-refractivity contribution in [2.45, 2.75) is 12.1 Å². The second kappa shape index (κ2) is 8.07. The molecule has 140 valence electrons. The molecule has 0 saturated heterocycles. The lowest BCUT2D eigenvalue weighted by Crippen LogP contribution is -2.14. The molecule has 0 radical (unpaired) electrons. The number of thiophene rings is 1. The molecule has 11 heteroatoms. The van der Waals surface area contributed by atoms with E-state index in [2.05, 4.69) is 15.5 Å². The number of hydrogen-bond acceptors (Lipinski definition) is 7. The minimum Gasteiger partial charge on any atom is -0.325 e. The normalized spacial score (nSPS) is 10.8.